The number of fused-ring (bicyclic) bond motifs is 1. The summed E-state index contributed by atoms with van der Waals surface area (Å²) in [6.45, 7) is 6.42. The van der Waals surface area contributed by atoms with Crippen LogP contribution in [0.2, 0.25) is 0 Å². The number of aromatic nitrogens is 1. The fourth-order valence-electron chi connectivity index (χ4n) is 3.55. The average Bonchev–Trinajstić information content (AvgIpc) is 3.00. The van der Waals surface area contributed by atoms with Crippen molar-refractivity contribution in [1.29, 1.82) is 0 Å². The Morgan fingerprint density at radius 3 is 2.62 bits per heavy atom. The van der Waals surface area contributed by atoms with E-state index in [9.17, 15) is 14.7 Å². The minimum atomic E-state index is -0.854. The number of para-hydroxylation sites is 1. The lowest BCUT2D eigenvalue weighted by Crippen LogP contribution is -2.40. The Morgan fingerprint density at radius 1 is 1.29 bits per heavy atom. The largest absolute Gasteiger partial charge is 0.481 e. The fourth-order valence-corrected chi connectivity index (χ4v) is 3.55. The van der Waals surface area contributed by atoms with E-state index in [4.69, 9.17) is 0 Å². The third kappa shape index (κ3) is 2.54. The molecule has 1 atom stereocenters. The molecule has 1 aliphatic heterocycles. The quantitative estimate of drug-likeness (QED) is 0.941. The van der Waals surface area contributed by atoms with E-state index >= 15 is 0 Å². The van der Waals surface area contributed by atoms with Gasteiger partial charge in [-0.25, -0.2) is 0 Å². The predicted molar refractivity (Wildman–Crippen MR) is 91.9 cm³/mol. The first kappa shape index (κ1) is 16.4. The molecule has 1 N–H and O–H groups in total. The van der Waals surface area contributed by atoms with E-state index in [1.54, 1.807) is 11.0 Å². The summed E-state index contributed by atoms with van der Waals surface area (Å²) in [6, 6.07) is 9.35. The molecule has 1 unspecified atom stereocenters. The number of benzene rings is 1. The molecule has 2 heterocycles. The summed E-state index contributed by atoms with van der Waals surface area (Å²) in [5.74, 6) is -0.951. The van der Waals surface area contributed by atoms with E-state index < -0.39 is 11.4 Å². The lowest BCUT2D eigenvalue weighted by molar-refractivity contribution is -0.150. The van der Waals surface area contributed by atoms with Crippen LogP contribution in [0, 0.1) is 18.3 Å². The van der Waals surface area contributed by atoms with Crippen molar-refractivity contribution in [3.63, 3.8) is 0 Å². The molecule has 0 radical (unpaired) electrons. The van der Waals surface area contributed by atoms with Crippen molar-refractivity contribution in [1.82, 2.24) is 9.88 Å². The number of carboxylic acids is 1. The molecule has 2 aromatic rings. The molecule has 1 aliphatic rings. The number of aryl methyl sites for hydroxylation is 1. The Labute approximate surface area is 141 Å². The molecular formula is C19H22N2O3. The number of pyridine rings is 1. The molecule has 24 heavy (non-hydrogen) atoms. The Hall–Kier alpha value is -2.43. The molecular weight excluding hydrogens is 304 g/mol. The highest BCUT2D eigenvalue weighted by Gasteiger charge is 2.48. The monoisotopic (exact) mass is 326 g/mol. The highest BCUT2D eigenvalue weighted by atomic mass is 16.4. The molecule has 3 rings (SSSR count). The third-order valence-electron chi connectivity index (χ3n) is 5.19. The smallest absolute Gasteiger partial charge is 0.311 e. The van der Waals surface area contributed by atoms with E-state index in [1.165, 1.54) is 0 Å². The van der Waals surface area contributed by atoms with Crippen molar-refractivity contribution in [2.24, 2.45) is 11.3 Å². The van der Waals surface area contributed by atoms with Crippen LogP contribution in [-0.2, 0) is 4.79 Å². The van der Waals surface area contributed by atoms with Gasteiger partial charge in [-0.3, -0.25) is 14.6 Å². The SMILES string of the molecule is Cc1cc(C(=O)N2CCC(C(=O)O)(C(C)C)C2)c2ccccc2n1. The molecule has 0 spiro atoms. The van der Waals surface area contributed by atoms with Gasteiger partial charge < -0.3 is 10.0 Å². The Kier molecular flexibility index (Phi) is 4.03. The van der Waals surface area contributed by atoms with Crippen molar-refractivity contribution in [2.45, 2.75) is 27.2 Å². The van der Waals surface area contributed by atoms with Gasteiger partial charge in [0.2, 0.25) is 0 Å². The summed E-state index contributed by atoms with van der Waals surface area (Å²) in [5, 5.41) is 10.5. The van der Waals surface area contributed by atoms with Gasteiger partial charge in [-0.1, -0.05) is 32.0 Å². The van der Waals surface area contributed by atoms with Gasteiger partial charge in [0.15, 0.2) is 0 Å². The van der Waals surface area contributed by atoms with Crippen LogP contribution in [0.4, 0.5) is 0 Å². The lowest BCUT2D eigenvalue weighted by Gasteiger charge is -2.28. The summed E-state index contributed by atoms with van der Waals surface area (Å²) in [6.07, 6.45) is 0.494. The maximum absolute atomic E-state index is 13.1. The van der Waals surface area contributed by atoms with Crippen LogP contribution in [0.15, 0.2) is 30.3 Å². The molecule has 126 valence electrons. The molecule has 5 nitrogen and oxygen atoms in total. The normalized spacial score (nSPS) is 20.8. The zero-order valence-corrected chi connectivity index (χ0v) is 14.2. The number of nitrogens with zero attached hydrogens (tertiary/aromatic N) is 2. The molecule has 0 bridgehead atoms. The maximum Gasteiger partial charge on any atom is 0.311 e. The molecule has 1 fully saturated rings. The molecule has 1 aromatic heterocycles. The van der Waals surface area contributed by atoms with Gasteiger partial charge in [0, 0.05) is 24.2 Å². The summed E-state index contributed by atoms with van der Waals surface area (Å²) < 4.78 is 0. The first-order valence-corrected chi connectivity index (χ1v) is 8.24. The Bertz CT molecular complexity index is 815. The number of rotatable bonds is 3. The number of hydrogen-bond donors (Lipinski definition) is 1. The lowest BCUT2D eigenvalue weighted by atomic mass is 9.76. The minimum Gasteiger partial charge on any atom is -0.481 e. The van der Waals surface area contributed by atoms with Crippen LogP contribution >= 0.6 is 0 Å². The van der Waals surface area contributed by atoms with Crippen molar-refractivity contribution in [2.75, 3.05) is 13.1 Å². The first-order chi connectivity index (χ1) is 11.3. The molecule has 0 saturated carbocycles. The van der Waals surface area contributed by atoms with Crippen molar-refractivity contribution < 1.29 is 14.7 Å². The van der Waals surface area contributed by atoms with Gasteiger partial charge in [0.05, 0.1) is 16.5 Å². The summed E-state index contributed by atoms with van der Waals surface area (Å²) in [7, 11) is 0. The summed E-state index contributed by atoms with van der Waals surface area (Å²) in [4.78, 5) is 31.0. The number of carboxylic acid groups (broad SMARTS) is 1. The summed E-state index contributed by atoms with van der Waals surface area (Å²) in [5.41, 5.74) is 1.31. The number of hydrogen-bond acceptors (Lipinski definition) is 3. The second-order valence-corrected chi connectivity index (χ2v) is 6.92. The van der Waals surface area contributed by atoms with Crippen LogP contribution in [0.25, 0.3) is 10.9 Å². The molecule has 1 aromatic carbocycles. The zero-order valence-electron chi connectivity index (χ0n) is 14.2. The van der Waals surface area contributed by atoms with E-state index in [0.29, 0.717) is 18.5 Å². The summed E-state index contributed by atoms with van der Waals surface area (Å²) >= 11 is 0. The van der Waals surface area contributed by atoms with Gasteiger partial charge in [0.25, 0.3) is 5.91 Å². The standard InChI is InChI=1S/C19H22N2O3/c1-12(2)19(18(23)24)8-9-21(11-19)17(22)15-10-13(3)20-16-7-5-4-6-14(15)16/h4-7,10,12H,8-9,11H2,1-3H3,(H,23,24). The van der Waals surface area contributed by atoms with Crippen LogP contribution in [0.5, 0.6) is 0 Å². The van der Waals surface area contributed by atoms with E-state index in [0.717, 1.165) is 16.6 Å². The number of carbonyl (C=O) groups excluding carboxylic acids is 1. The predicted octanol–water partition coefficient (Wildman–Crippen LogP) is 3.12. The van der Waals surface area contributed by atoms with Gasteiger partial charge in [-0.05, 0) is 31.4 Å². The van der Waals surface area contributed by atoms with Gasteiger partial charge >= 0.3 is 5.97 Å². The highest BCUT2D eigenvalue weighted by molar-refractivity contribution is 6.06. The Morgan fingerprint density at radius 2 is 2.00 bits per heavy atom. The van der Waals surface area contributed by atoms with Crippen LogP contribution < -0.4 is 0 Å². The van der Waals surface area contributed by atoms with E-state index in [2.05, 4.69) is 4.98 Å². The molecule has 1 saturated heterocycles. The number of likely N-dealkylation sites (tertiary alicyclic amines) is 1. The highest BCUT2D eigenvalue weighted by Crippen LogP contribution is 2.39. The van der Waals surface area contributed by atoms with Crippen molar-refractivity contribution >= 4 is 22.8 Å². The fraction of sp³-hybridized carbons (Fsp3) is 0.421. The van der Waals surface area contributed by atoms with Crippen LogP contribution in [-0.4, -0.2) is 40.0 Å². The molecule has 1 amide bonds. The first-order valence-electron chi connectivity index (χ1n) is 8.24. The zero-order chi connectivity index (χ0) is 17.5. The molecule has 0 aliphatic carbocycles. The van der Waals surface area contributed by atoms with E-state index in [1.807, 2.05) is 45.0 Å². The van der Waals surface area contributed by atoms with Crippen LogP contribution in [0.3, 0.4) is 0 Å². The number of carbonyl (C=O) groups is 2. The minimum absolute atomic E-state index is 0.0243. The van der Waals surface area contributed by atoms with Crippen molar-refractivity contribution in [3.8, 4) is 0 Å². The second-order valence-electron chi connectivity index (χ2n) is 6.92. The van der Waals surface area contributed by atoms with Crippen LogP contribution in [0.1, 0.15) is 36.3 Å². The number of aliphatic carboxylic acids is 1. The molecule has 5 heteroatoms. The van der Waals surface area contributed by atoms with Gasteiger partial charge in [0.1, 0.15) is 0 Å². The average molecular weight is 326 g/mol. The maximum atomic E-state index is 13.1. The van der Waals surface area contributed by atoms with Crippen molar-refractivity contribution in [3.05, 3.63) is 41.6 Å². The van der Waals surface area contributed by atoms with Gasteiger partial charge in [-0.15, -0.1) is 0 Å². The number of amides is 1. The second kappa shape index (κ2) is 5.89. The Balaban J connectivity index is 1.98. The third-order valence-corrected chi connectivity index (χ3v) is 5.19. The topological polar surface area (TPSA) is 70.5 Å². The van der Waals surface area contributed by atoms with Gasteiger partial charge in [-0.2, -0.15) is 0 Å². The van der Waals surface area contributed by atoms with E-state index in [-0.39, 0.29) is 18.4 Å².